The quantitative estimate of drug-likeness (QED) is 0.223. The van der Waals surface area contributed by atoms with Crippen molar-refractivity contribution < 1.29 is 31.7 Å². The molecule has 1 unspecified atom stereocenters. The number of carbonyl (C=O) groups excluding carboxylic acids is 1. The Morgan fingerprint density at radius 1 is 1.33 bits per heavy atom. The molecule has 0 saturated carbocycles. The van der Waals surface area contributed by atoms with Gasteiger partial charge >= 0.3 is 0 Å². The Labute approximate surface area is 70.1 Å². The minimum absolute atomic E-state index is 0.152. The van der Waals surface area contributed by atoms with Crippen LogP contribution in [0, 0.1) is 0 Å². The number of aliphatic hydroxyl groups excluding tert-OH is 4. The molecule has 5 N–H and O–H groups in total. The van der Waals surface area contributed by atoms with Gasteiger partial charge in [0.2, 0.25) is 0 Å². The van der Waals surface area contributed by atoms with Crippen LogP contribution in [0.15, 0.2) is 0 Å². The molecule has 0 aromatic carbocycles. The standard InChI is InChI=1S/C6H12O6/c7-1-3(9)5(11)6(12)4(10)2-8/h1,3-6,8-12H,2H2/t3-,4-,5?,6-/m1/s1/i3+1,5D. The van der Waals surface area contributed by atoms with Gasteiger partial charge in [-0.1, -0.05) is 0 Å². The predicted molar refractivity (Wildman–Crippen MR) is 37.2 cm³/mol. The Bertz CT molecular complexity index is 173. The van der Waals surface area contributed by atoms with E-state index in [9.17, 15) is 4.79 Å². The molecular formula is C6H12O6. The Morgan fingerprint density at radius 2 is 1.83 bits per heavy atom. The normalized spacial score (nSPS) is 24.9. The molecule has 0 aromatic heterocycles. The van der Waals surface area contributed by atoms with Gasteiger partial charge in [0.25, 0.3) is 0 Å². The second kappa shape index (κ2) is 5.18. The van der Waals surface area contributed by atoms with Crippen molar-refractivity contribution in [2.75, 3.05) is 6.61 Å². The van der Waals surface area contributed by atoms with Crippen molar-refractivity contribution in [3.05, 3.63) is 0 Å². The average molecular weight is 182 g/mol. The largest absolute Gasteiger partial charge is 0.394 e. The van der Waals surface area contributed by atoms with E-state index in [-0.39, 0.29) is 6.29 Å². The van der Waals surface area contributed by atoms with Gasteiger partial charge in [0, 0.05) is 0 Å². The van der Waals surface area contributed by atoms with E-state index in [1.807, 2.05) is 0 Å². The Morgan fingerprint density at radius 3 is 2.17 bits per heavy atom. The molecule has 0 rings (SSSR count). The van der Waals surface area contributed by atoms with Crippen molar-refractivity contribution in [1.82, 2.24) is 0 Å². The molecule has 12 heavy (non-hydrogen) atoms. The van der Waals surface area contributed by atoms with Gasteiger partial charge in [0.05, 0.1) is 7.98 Å². The SMILES string of the molecule is [2H]C(O)([C@H](O)[C@H](O)CO)[13C@H](O)C=O. The maximum Gasteiger partial charge on any atom is 0.151 e. The molecule has 4 atom stereocenters. The predicted octanol–water partition coefficient (Wildman–Crippen LogP) is -3.38. The summed E-state index contributed by atoms with van der Waals surface area (Å²) in [4.78, 5) is 9.98. The first-order valence-electron chi connectivity index (χ1n) is 3.70. The summed E-state index contributed by atoms with van der Waals surface area (Å²) in [7, 11) is 0. The summed E-state index contributed by atoms with van der Waals surface area (Å²) in [5.41, 5.74) is 0. The number of aliphatic hydroxyl groups is 5. The fourth-order valence-electron chi connectivity index (χ4n) is 0.542. The van der Waals surface area contributed by atoms with Gasteiger partial charge < -0.3 is 30.3 Å². The maximum absolute atomic E-state index is 9.98. The first-order valence-corrected chi connectivity index (χ1v) is 3.20. The van der Waals surface area contributed by atoms with Crippen LogP contribution in [0.4, 0.5) is 0 Å². The van der Waals surface area contributed by atoms with Crippen LogP contribution in [0.25, 0.3) is 0 Å². The zero-order valence-corrected chi connectivity index (χ0v) is 6.16. The van der Waals surface area contributed by atoms with Crippen LogP contribution < -0.4 is 0 Å². The summed E-state index contributed by atoms with van der Waals surface area (Å²) < 4.78 is 6.93. The highest BCUT2D eigenvalue weighted by Crippen LogP contribution is 2.02. The smallest absolute Gasteiger partial charge is 0.151 e. The van der Waals surface area contributed by atoms with E-state index in [2.05, 4.69) is 0 Å². The molecule has 6 nitrogen and oxygen atoms in total. The molecule has 0 aliphatic carbocycles. The Balaban J connectivity index is 4.51. The number of rotatable bonds is 5. The van der Waals surface area contributed by atoms with Gasteiger partial charge in [0.15, 0.2) is 6.29 Å². The van der Waals surface area contributed by atoms with E-state index in [1.54, 1.807) is 0 Å². The molecule has 0 spiro atoms. The van der Waals surface area contributed by atoms with E-state index in [1.165, 1.54) is 0 Å². The summed E-state index contributed by atoms with van der Waals surface area (Å²) >= 11 is 0. The van der Waals surface area contributed by atoms with E-state index in [4.69, 9.17) is 26.9 Å². The van der Waals surface area contributed by atoms with Crippen molar-refractivity contribution in [3.63, 3.8) is 0 Å². The third kappa shape index (κ3) is 2.84. The summed E-state index contributed by atoms with van der Waals surface area (Å²) in [6.07, 6.45) is -9.15. The molecule has 6 heteroatoms. The van der Waals surface area contributed by atoms with Crippen molar-refractivity contribution in [1.29, 1.82) is 0 Å². The van der Waals surface area contributed by atoms with Crippen LogP contribution in [0.1, 0.15) is 1.37 Å². The van der Waals surface area contributed by atoms with Gasteiger partial charge in [-0.25, -0.2) is 0 Å². The monoisotopic (exact) mass is 182 g/mol. The van der Waals surface area contributed by atoms with Crippen LogP contribution in [-0.2, 0) is 4.79 Å². The fourth-order valence-corrected chi connectivity index (χ4v) is 0.542. The minimum Gasteiger partial charge on any atom is -0.394 e. The Hall–Kier alpha value is -0.530. The van der Waals surface area contributed by atoms with Crippen LogP contribution in [0.5, 0.6) is 0 Å². The minimum atomic E-state index is -2.93. The number of hydrogen-bond donors (Lipinski definition) is 5. The van der Waals surface area contributed by atoms with Crippen molar-refractivity contribution >= 4 is 6.29 Å². The highest BCUT2D eigenvalue weighted by molar-refractivity contribution is 5.56. The third-order valence-electron chi connectivity index (χ3n) is 1.29. The molecule has 0 radical (unpaired) electrons. The molecule has 0 saturated heterocycles. The Kier molecular flexibility index (Phi) is 4.12. The molecule has 0 amide bonds. The topological polar surface area (TPSA) is 118 Å². The summed E-state index contributed by atoms with van der Waals surface area (Å²) in [5, 5.41) is 43.9. The highest BCUT2D eigenvalue weighted by atomic mass is 16.4. The highest BCUT2D eigenvalue weighted by Gasteiger charge is 2.29. The second-order valence-electron chi connectivity index (χ2n) is 2.20. The van der Waals surface area contributed by atoms with E-state index in [0.717, 1.165) is 0 Å². The molecule has 0 bridgehead atoms. The zero-order chi connectivity index (χ0) is 10.6. The first kappa shape index (κ1) is 9.56. The lowest BCUT2D eigenvalue weighted by Crippen LogP contribution is -2.46. The van der Waals surface area contributed by atoms with Gasteiger partial charge in [0.1, 0.15) is 24.4 Å². The van der Waals surface area contributed by atoms with Gasteiger partial charge in [-0.15, -0.1) is 0 Å². The number of aldehydes is 1. The third-order valence-corrected chi connectivity index (χ3v) is 1.29. The maximum atomic E-state index is 9.98. The second-order valence-corrected chi connectivity index (χ2v) is 2.20. The average Bonchev–Trinajstić information content (AvgIpc) is 2.13. The van der Waals surface area contributed by atoms with E-state index in [0.29, 0.717) is 0 Å². The van der Waals surface area contributed by atoms with Crippen LogP contribution in [0.2, 0.25) is 0 Å². The van der Waals surface area contributed by atoms with Crippen LogP contribution in [0.3, 0.4) is 0 Å². The number of hydrogen-bond acceptors (Lipinski definition) is 6. The molecule has 0 aliphatic heterocycles. The summed E-state index contributed by atoms with van der Waals surface area (Å²) in [6, 6.07) is 0. The van der Waals surface area contributed by atoms with Gasteiger partial charge in [-0.3, -0.25) is 0 Å². The van der Waals surface area contributed by atoms with E-state index >= 15 is 0 Å². The van der Waals surface area contributed by atoms with Crippen molar-refractivity contribution in [3.8, 4) is 0 Å². The van der Waals surface area contributed by atoms with Gasteiger partial charge in [-0.05, 0) is 0 Å². The number of carbonyl (C=O) groups is 1. The van der Waals surface area contributed by atoms with Gasteiger partial charge in [-0.2, -0.15) is 0 Å². The molecule has 72 valence electrons. The molecule has 0 aliphatic rings. The lowest BCUT2D eigenvalue weighted by molar-refractivity contribution is -0.136. The molecule has 0 aromatic rings. The fraction of sp³-hybridized carbons (Fsp3) is 0.833. The summed E-state index contributed by atoms with van der Waals surface area (Å²) in [5.74, 6) is 0. The molecular weight excluding hydrogens is 169 g/mol. The van der Waals surface area contributed by atoms with Crippen LogP contribution in [-0.4, -0.2) is 62.8 Å². The van der Waals surface area contributed by atoms with Crippen molar-refractivity contribution in [2.45, 2.75) is 24.4 Å². The van der Waals surface area contributed by atoms with Crippen LogP contribution >= 0.6 is 0 Å². The van der Waals surface area contributed by atoms with Crippen molar-refractivity contribution in [2.24, 2.45) is 0 Å². The lowest BCUT2D eigenvalue weighted by atomic mass is 10.1. The van der Waals surface area contributed by atoms with E-state index < -0.39 is 31.0 Å². The molecule has 0 fully saturated rings. The first-order chi connectivity index (χ1) is 5.87. The summed E-state index contributed by atoms with van der Waals surface area (Å²) in [6.45, 7) is -0.895. The molecule has 0 heterocycles. The zero-order valence-electron chi connectivity index (χ0n) is 7.16. The lowest BCUT2D eigenvalue weighted by Gasteiger charge is -2.22.